The molecular formula is C9H11N5O2S. The summed E-state index contributed by atoms with van der Waals surface area (Å²) in [6.07, 6.45) is 4.03. The number of hydrogen-bond donors (Lipinski definition) is 3. The maximum absolute atomic E-state index is 11.8. The van der Waals surface area contributed by atoms with Crippen LogP contribution in [0.1, 0.15) is 5.56 Å². The van der Waals surface area contributed by atoms with Crippen molar-refractivity contribution in [1.29, 1.82) is 0 Å². The molecule has 0 spiro atoms. The second-order valence-electron chi connectivity index (χ2n) is 3.30. The van der Waals surface area contributed by atoms with Crippen molar-refractivity contribution in [3.63, 3.8) is 0 Å². The summed E-state index contributed by atoms with van der Waals surface area (Å²) in [6, 6.07) is 3.26. The molecule has 2 aromatic rings. The number of hydrogen-bond acceptors (Lipinski definition) is 5. The zero-order chi connectivity index (χ0) is 12.3. The Morgan fingerprint density at radius 3 is 2.71 bits per heavy atom. The molecule has 2 aromatic heterocycles. The van der Waals surface area contributed by atoms with Gasteiger partial charge in [0.15, 0.2) is 0 Å². The zero-order valence-electron chi connectivity index (χ0n) is 8.79. The average Bonchev–Trinajstić information content (AvgIpc) is 2.84. The van der Waals surface area contributed by atoms with E-state index in [-0.39, 0.29) is 10.7 Å². The first-order valence-electron chi connectivity index (χ1n) is 4.78. The predicted octanol–water partition coefficient (Wildman–Crippen LogP) is 0.0642. The van der Waals surface area contributed by atoms with Crippen LogP contribution < -0.4 is 10.5 Å². The van der Waals surface area contributed by atoms with Crippen LogP contribution in [0, 0.1) is 0 Å². The summed E-state index contributed by atoms with van der Waals surface area (Å²) in [5.41, 5.74) is 6.24. The Balaban J connectivity index is 2.21. The number of sulfonamides is 1. The molecule has 8 heteroatoms. The lowest BCUT2D eigenvalue weighted by Crippen LogP contribution is -2.13. The van der Waals surface area contributed by atoms with Crippen LogP contribution in [0.4, 0.5) is 5.82 Å². The zero-order valence-corrected chi connectivity index (χ0v) is 9.61. The van der Waals surface area contributed by atoms with Crippen LogP contribution in [-0.2, 0) is 16.6 Å². The summed E-state index contributed by atoms with van der Waals surface area (Å²) in [5.74, 6) is 0.239. The van der Waals surface area contributed by atoms with Crippen molar-refractivity contribution < 1.29 is 8.42 Å². The van der Waals surface area contributed by atoms with Crippen LogP contribution >= 0.6 is 0 Å². The van der Waals surface area contributed by atoms with E-state index in [0.717, 1.165) is 5.56 Å². The first kappa shape index (κ1) is 11.6. The topological polar surface area (TPSA) is 114 Å². The lowest BCUT2D eigenvalue weighted by Gasteiger charge is -2.05. The Kier molecular flexibility index (Phi) is 3.07. The molecule has 90 valence electrons. The largest absolute Gasteiger partial charge is 0.326 e. The number of nitrogens with one attached hydrogen (secondary N) is 2. The summed E-state index contributed by atoms with van der Waals surface area (Å²) in [5, 5.41) is 6.01. The number of anilines is 1. The number of rotatable bonds is 4. The Bertz CT molecular complexity index is 576. The van der Waals surface area contributed by atoms with Crippen molar-refractivity contribution >= 4 is 15.8 Å². The molecule has 0 radical (unpaired) electrons. The van der Waals surface area contributed by atoms with Crippen LogP contribution in [0.5, 0.6) is 0 Å². The third kappa shape index (κ3) is 2.60. The molecule has 0 aliphatic heterocycles. The van der Waals surface area contributed by atoms with Crippen molar-refractivity contribution in [3.05, 3.63) is 36.3 Å². The summed E-state index contributed by atoms with van der Waals surface area (Å²) in [6.45, 7) is 0.363. The van der Waals surface area contributed by atoms with E-state index in [0.29, 0.717) is 6.54 Å². The lowest BCUT2D eigenvalue weighted by molar-refractivity contribution is 0.601. The summed E-state index contributed by atoms with van der Waals surface area (Å²) < 4.78 is 25.9. The molecule has 0 atom stereocenters. The quantitative estimate of drug-likeness (QED) is 0.713. The molecule has 0 fully saturated rings. The standard InChI is InChI=1S/C9H11N5O2S/c10-3-7-1-2-9(11-4-7)14-17(15,16)8-5-12-13-6-8/h1-2,4-6H,3,10H2,(H,11,14)(H,12,13). The van der Waals surface area contributed by atoms with Gasteiger partial charge in [-0.2, -0.15) is 5.10 Å². The second-order valence-corrected chi connectivity index (χ2v) is 4.98. The van der Waals surface area contributed by atoms with Crippen LogP contribution in [0.25, 0.3) is 0 Å². The number of nitrogens with zero attached hydrogens (tertiary/aromatic N) is 2. The number of nitrogens with two attached hydrogens (primary N) is 1. The van der Waals surface area contributed by atoms with Gasteiger partial charge in [-0.15, -0.1) is 0 Å². The average molecular weight is 253 g/mol. The summed E-state index contributed by atoms with van der Waals surface area (Å²) in [7, 11) is -3.63. The van der Waals surface area contributed by atoms with Gasteiger partial charge < -0.3 is 5.73 Å². The molecule has 17 heavy (non-hydrogen) atoms. The van der Waals surface area contributed by atoms with Crippen molar-refractivity contribution in [2.75, 3.05) is 4.72 Å². The Hall–Kier alpha value is -1.93. The van der Waals surface area contributed by atoms with Gasteiger partial charge in [-0.3, -0.25) is 9.82 Å². The molecule has 0 aromatic carbocycles. The lowest BCUT2D eigenvalue weighted by atomic mass is 10.3. The summed E-state index contributed by atoms with van der Waals surface area (Å²) >= 11 is 0. The normalized spacial score (nSPS) is 11.4. The number of H-pyrrole nitrogens is 1. The highest BCUT2D eigenvalue weighted by atomic mass is 32.2. The van der Waals surface area contributed by atoms with E-state index in [1.807, 2.05) is 0 Å². The number of aromatic amines is 1. The van der Waals surface area contributed by atoms with E-state index in [4.69, 9.17) is 5.73 Å². The highest BCUT2D eigenvalue weighted by Gasteiger charge is 2.15. The van der Waals surface area contributed by atoms with Gasteiger partial charge in [0.05, 0.1) is 6.20 Å². The van der Waals surface area contributed by atoms with Crippen LogP contribution in [0.15, 0.2) is 35.6 Å². The molecule has 0 aliphatic carbocycles. The van der Waals surface area contributed by atoms with Gasteiger partial charge in [0, 0.05) is 18.9 Å². The van der Waals surface area contributed by atoms with Crippen molar-refractivity contribution in [1.82, 2.24) is 15.2 Å². The van der Waals surface area contributed by atoms with Crippen molar-refractivity contribution in [3.8, 4) is 0 Å². The molecule has 7 nitrogen and oxygen atoms in total. The van der Waals surface area contributed by atoms with E-state index in [1.165, 1.54) is 18.6 Å². The molecule has 2 heterocycles. The van der Waals surface area contributed by atoms with E-state index in [9.17, 15) is 8.42 Å². The van der Waals surface area contributed by atoms with Gasteiger partial charge in [-0.05, 0) is 11.6 Å². The van der Waals surface area contributed by atoms with Gasteiger partial charge in [0.1, 0.15) is 10.7 Å². The Morgan fingerprint density at radius 1 is 1.35 bits per heavy atom. The molecule has 2 rings (SSSR count). The third-order valence-corrected chi connectivity index (χ3v) is 3.40. The minimum absolute atomic E-state index is 0.0576. The fourth-order valence-electron chi connectivity index (χ4n) is 1.19. The molecule has 0 bridgehead atoms. The molecule has 0 amide bonds. The highest BCUT2D eigenvalue weighted by Crippen LogP contribution is 2.12. The van der Waals surface area contributed by atoms with E-state index < -0.39 is 10.0 Å². The number of aromatic nitrogens is 3. The first-order chi connectivity index (χ1) is 8.12. The van der Waals surface area contributed by atoms with E-state index in [1.54, 1.807) is 12.1 Å². The monoisotopic (exact) mass is 253 g/mol. The molecule has 0 saturated carbocycles. The first-order valence-corrected chi connectivity index (χ1v) is 6.27. The second kappa shape index (κ2) is 4.52. The van der Waals surface area contributed by atoms with E-state index in [2.05, 4.69) is 19.9 Å². The van der Waals surface area contributed by atoms with Gasteiger partial charge in [0.2, 0.25) is 0 Å². The van der Waals surface area contributed by atoms with Gasteiger partial charge in [-0.25, -0.2) is 13.4 Å². The molecular weight excluding hydrogens is 242 g/mol. The highest BCUT2D eigenvalue weighted by molar-refractivity contribution is 7.92. The molecule has 0 saturated heterocycles. The minimum Gasteiger partial charge on any atom is -0.326 e. The van der Waals surface area contributed by atoms with Crippen molar-refractivity contribution in [2.45, 2.75) is 11.4 Å². The Morgan fingerprint density at radius 2 is 2.18 bits per heavy atom. The van der Waals surface area contributed by atoms with Gasteiger partial charge in [-0.1, -0.05) is 6.07 Å². The van der Waals surface area contributed by atoms with Gasteiger partial charge >= 0.3 is 0 Å². The van der Waals surface area contributed by atoms with Crippen LogP contribution in [-0.4, -0.2) is 23.6 Å². The molecule has 0 aliphatic rings. The fraction of sp³-hybridized carbons (Fsp3) is 0.111. The van der Waals surface area contributed by atoms with Crippen LogP contribution in [0.3, 0.4) is 0 Å². The maximum atomic E-state index is 11.8. The number of pyridine rings is 1. The van der Waals surface area contributed by atoms with Crippen LogP contribution in [0.2, 0.25) is 0 Å². The SMILES string of the molecule is NCc1ccc(NS(=O)(=O)c2cn[nH]c2)nc1. The van der Waals surface area contributed by atoms with E-state index >= 15 is 0 Å². The Labute approximate surface area is 98.1 Å². The molecule has 0 unspecified atom stereocenters. The smallest absolute Gasteiger partial charge is 0.266 e. The maximum Gasteiger partial charge on any atom is 0.266 e. The predicted molar refractivity (Wildman–Crippen MR) is 61.5 cm³/mol. The summed E-state index contributed by atoms with van der Waals surface area (Å²) in [4.78, 5) is 4.00. The molecule has 4 N–H and O–H groups in total. The van der Waals surface area contributed by atoms with Crippen molar-refractivity contribution in [2.24, 2.45) is 5.73 Å². The minimum atomic E-state index is -3.63. The fourth-order valence-corrected chi connectivity index (χ4v) is 2.10. The van der Waals surface area contributed by atoms with Gasteiger partial charge in [0.25, 0.3) is 10.0 Å². The third-order valence-electron chi connectivity index (χ3n) is 2.08.